The first-order chi connectivity index (χ1) is 11.5. The van der Waals surface area contributed by atoms with Crippen molar-refractivity contribution in [3.05, 3.63) is 39.7 Å². The van der Waals surface area contributed by atoms with Crippen LogP contribution in [-0.4, -0.2) is 62.1 Å². The van der Waals surface area contributed by atoms with E-state index in [2.05, 4.69) is 15.5 Å². The van der Waals surface area contributed by atoms with Gasteiger partial charge in [0, 0.05) is 37.3 Å². The number of tetrazole rings is 1. The first kappa shape index (κ1) is 16.1. The van der Waals surface area contributed by atoms with Gasteiger partial charge in [0.15, 0.2) is 0 Å². The lowest BCUT2D eigenvalue weighted by molar-refractivity contribution is -0.384. The van der Waals surface area contributed by atoms with Crippen LogP contribution in [-0.2, 0) is 11.3 Å². The third-order valence-electron chi connectivity index (χ3n) is 3.80. The number of halogens is 1. The zero-order valence-electron chi connectivity index (χ0n) is 12.6. The van der Waals surface area contributed by atoms with Crippen LogP contribution in [0.3, 0.4) is 0 Å². The Hall–Kier alpha value is -2.75. The number of carbonyl (C=O) groups is 1. The average Bonchev–Trinajstić information content (AvgIpc) is 3.08. The molecule has 0 atom stereocenters. The highest BCUT2D eigenvalue weighted by atomic mass is 35.5. The molecule has 10 nitrogen and oxygen atoms in total. The maximum absolute atomic E-state index is 12.2. The summed E-state index contributed by atoms with van der Waals surface area (Å²) >= 11 is 5.84. The summed E-state index contributed by atoms with van der Waals surface area (Å²) in [7, 11) is 0. The summed E-state index contributed by atoms with van der Waals surface area (Å²) < 4.78 is 1.36. The fourth-order valence-electron chi connectivity index (χ4n) is 2.60. The molecule has 1 aliphatic rings. The summed E-state index contributed by atoms with van der Waals surface area (Å²) in [6.45, 7) is 2.03. The second kappa shape index (κ2) is 6.79. The van der Waals surface area contributed by atoms with E-state index in [9.17, 15) is 14.9 Å². The van der Waals surface area contributed by atoms with Crippen molar-refractivity contribution >= 4 is 28.9 Å². The van der Waals surface area contributed by atoms with Gasteiger partial charge >= 0.3 is 0 Å². The molecule has 0 N–H and O–H groups in total. The average molecular weight is 352 g/mol. The molecule has 1 aromatic heterocycles. The topological polar surface area (TPSA) is 110 Å². The van der Waals surface area contributed by atoms with Crippen LogP contribution in [0.4, 0.5) is 11.4 Å². The van der Waals surface area contributed by atoms with E-state index in [0.29, 0.717) is 36.9 Å². The van der Waals surface area contributed by atoms with E-state index in [1.165, 1.54) is 17.1 Å². The number of nitro groups is 1. The van der Waals surface area contributed by atoms with Crippen LogP contribution in [0.1, 0.15) is 0 Å². The van der Waals surface area contributed by atoms with Gasteiger partial charge in [-0.3, -0.25) is 14.9 Å². The lowest BCUT2D eigenvalue weighted by Crippen LogP contribution is -2.49. The van der Waals surface area contributed by atoms with Crippen LogP contribution in [0.25, 0.3) is 0 Å². The van der Waals surface area contributed by atoms with Crippen molar-refractivity contribution < 1.29 is 9.72 Å². The SMILES string of the molecule is O=C(Cn1cnnn1)N1CCN(c2ccc(Cl)cc2[N+](=O)[O-])CC1. The molecular weight excluding hydrogens is 338 g/mol. The molecule has 0 aliphatic carbocycles. The van der Waals surface area contributed by atoms with Crippen LogP contribution < -0.4 is 4.90 Å². The molecule has 2 aromatic rings. The zero-order valence-corrected chi connectivity index (χ0v) is 13.3. The number of aromatic nitrogens is 4. The Morgan fingerprint density at radius 1 is 1.29 bits per heavy atom. The van der Waals surface area contributed by atoms with Crippen molar-refractivity contribution in [3.8, 4) is 0 Å². The van der Waals surface area contributed by atoms with Crippen molar-refractivity contribution in [2.75, 3.05) is 31.1 Å². The largest absolute Gasteiger partial charge is 0.362 e. The molecule has 1 amide bonds. The number of piperazine rings is 1. The molecule has 0 unspecified atom stereocenters. The Kier molecular flexibility index (Phi) is 4.56. The first-order valence-corrected chi connectivity index (χ1v) is 7.60. The van der Waals surface area contributed by atoms with E-state index < -0.39 is 4.92 Å². The molecule has 3 rings (SSSR count). The fourth-order valence-corrected chi connectivity index (χ4v) is 2.76. The first-order valence-electron chi connectivity index (χ1n) is 7.22. The van der Waals surface area contributed by atoms with E-state index >= 15 is 0 Å². The number of nitro benzene ring substituents is 1. The normalized spacial score (nSPS) is 14.7. The van der Waals surface area contributed by atoms with Crippen molar-refractivity contribution in [2.45, 2.75) is 6.54 Å². The van der Waals surface area contributed by atoms with Crippen molar-refractivity contribution in [1.82, 2.24) is 25.1 Å². The highest BCUT2D eigenvalue weighted by Crippen LogP contribution is 2.31. The number of anilines is 1. The number of rotatable bonds is 4. The minimum Gasteiger partial charge on any atom is -0.362 e. The minimum atomic E-state index is -0.448. The Balaban J connectivity index is 1.65. The van der Waals surface area contributed by atoms with Gasteiger partial charge in [-0.25, -0.2) is 4.68 Å². The highest BCUT2D eigenvalue weighted by Gasteiger charge is 2.26. The van der Waals surface area contributed by atoms with E-state index in [4.69, 9.17) is 11.6 Å². The summed E-state index contributed by atoms with van der Waals surface area (Å²) in [6, 6.07) is 4.60. The molecule has 1 fully saturated rings. The van der Waals surface area contributed by atoms with Gasteiger partial charge in [0.2, 0.25) is 5.91 Å². The van der Waals surface area contributed by atoms with Gasteiger partial charge in [-0.1, -0.05) is 11.6 Å². The van der Waals surface area contributed by atoms with Gasteiger partial charge in [-0.15, -0.1) is 5.10 Å². The van der Waals surface area contributed by atoms with Crippen LogP contribution in [0.5, 0.6) is 0 Å². The predicted molar refractivity (Wildman–Crippen MR) is 84.7 cm³/mol. The highest BCUT2D eigenvalue weighted by molar-refractivity contribution is 6.30. The Morgan fingerprint density at radius 2 is 2.04 bits per heavy atom. The lowest BCUT2D eigenvalue weighted by atomic mass is 10.2. The minimum absolute atomic E-state index is 0.0315. The van der Waals surface area contributed by atoms with Crippen LogP contribution in [0.15, 0.2) is 24.5 Å². The number of hydrogen-bond acceptors (Lipinski definition) is 7. The van der Waals surface area contributed by atoms with E-state index in [-0.39, 0.29) is 18.1 Å². The quantitative estimate of drug-likeness (QED) is 0.585. The van der Waals surface area contributed by atoms with Crippen molar-refractivity contribution in [1.29, 1.82) is 0 Å². The van der Waals surface area contributed by atoms with Gasteiger partial charge in [-0.05, 0) is 22.6 Å². The lowest BCUT2D eigenvalue weighted by Gasteiger charge is -2.35. The molecular formula is C13H14ClN7O3. The van der Waals surface area contributed by atoms with Crippen molar-refractivity contribution in [2.24, 2.45) is 0 Å². The van der Waals surface area contributed by atoms with E-state index in [0.717, 1.165) is 0 Å². The number of amides is 1. The Bertz CT molecular complexity index is 744. The van der Waals surface area contributed by atoms with Gasteiger partial charge in [0.05, 0.1) is 4.92 Å². The molecule has 24 heavy (non-hydrogen) atoms. The summed E-state index contributed by atoms with van der Waals surface area (Å²) in [5.74, 6) is -0.0902. The van der Waals surface area contributed by atoms with Crippen LogP contribution >= 0.6 is 11.6 Å². The fraction of sp³-hybridized carbons (Fsp3) is 0.385. The predicted octanol–water partition coefficient (Wildman–Crippen LogP) is 0.584. The summed E-state index contributed by atoms with van der Waals surface area (Å²) in [5, 5.41) is 22.2. The second-order valence-electron chi connectivity index (χ2n) is 5.27. The number of nitrogens with zero attached hydrogens (tertiary/aromatic N) is 7. The maximum atomic E-state index is 12.2. The van der Waals surface area contributed by atoms with Gasteiger partial charge in [-0.2, -0.15) is 0 Å². The smallest absolute Gasteiger partial charge is 0.294 e. The number of carbonyl (C=O) groups excluding carboxylic acids is 1. The standard InChI is InChI=1S/C13H14ClN7O3/c14-10-1-2-11(12(7-10)21(23)24)18-3-5-19(6-4-18)13(22)8-20-9-15-16-17-20/h1-2,7,9H,3-6,8H2. The molecule has 0 spiro atoms. The monoisotopic (exact) mass is 351 g/mol. The van der Waals surface area contributed by atoms with Gasteiger partial charge < -0.3 is 9.80 Å². The van der Waals surface area contributed by atoms with Crippen LogP contribution in [0.2, 0.25) is 5.02 Å². The zero-order chi connectivity index (χ0) is 17.1. The Morgan fingerprint density at radius 3 is 2.67 bits per heavy atom. The summed E-state index contributed by atoms with van der Waals surface area (Å²) in [5.41, 5.74) is 0.480. The summed E-state index contributed by atoms with van der Waals surface area (Å²) in [6.07, 6.45) is 1.38. The molecule has 1 saturated heterocycles. The third-order valence-corrected chi connectivity index (χ3v) is 4.03. The molecule has 126 valence electrons. The molecule has 1 aliphatic heterocycles. The maximum Gasteiger partial charge on any atom is 0.294 e. The van der Waals surface area contributed by atoms with Crippen molar-refractivity contribution in [3.63, 3.8) is 0 Å². The van der Waals surface area contributed by atoms with Gasteiger partial charge in [0.25, 0.3) is 5.69 Å². The number of benzene rings is 1. The molecule has 0 radical (unpaired) electrons. The van der Waals surface area contributed by atoms with E-state index in [1.54, 1.807) is 17.0 Å². The third kappa shape index (κ3) is 3.43. The Labute approximate surface area is 141 Å². The molecule has 1 aromatic carbocycles. The van der Waals surface area contributed by atoms with Crippen LogP contribution in [0, 0.1) is 10.1 Å². The molecule has 0 bridgehead atoms. The molecule has 11 heteroatoms. The second-order valence-corrected chi connectivity index (χ2v) is 5.70. The number of hydrogen-bond donors (Lipinski definition) is 0. The molecule has 0 saturated carbocycles. The summed E-state index contributed by atoms with van der Waals surface area (Å²) in [4.78, 5) is 26.5. The van der Waals surface area contributed by atoms with E-state index in [1.807, 2.05) is 4.90 Å². The van der Waals surface area contributed by atoms with Gasteiger partial charge in [0.1, 0.15) is 18.6 Å². The molecule has 2 heterocycles.